The van der Waals surface area contributed by atoms with E-state index in [1.54, 1.807) is 4.90 Å². The van der Waals surface area contributed by atoms with Crippen LogP contribution in [-0.2, 0) is 14.3 Å². The molecule has 2 unspecified atom stereocenters. The van der Waals surface area contributed by atoms with Crippen molar-refractivity contribution in [3.8, 4) is 0 Å². The molecule has 0 aliphatic carbocycles. The third-order valence-electron chi connectivity index (χ3n) is 5.34. The van der Waals surface area contributed by atoms with Crippen LogP contribution in [0.5, 0.6) is 0 Å². The molecule has 0 spiro atoms. The van der Waals surface area contributed by atoms with Gasteiger partial charge >= 0.3 is 0 Å². The van der Waals surface area contributed by atoms with E-state index in [0.29, 0.717) is 11.7 Å². The monoisotopic (exact) mass is 469 g/mol. The largest absolute Gasteiger partial charge is 0.376 e. The molecule has 8 heteroatoms. The number of anilines is 2. The molecule has 4 rings (SSSR count). The molecule has 1 saturated heterocycles. The molecule has 2 amide bonds. The van der Waals surface area contributed by atoms with E-state index in [0.717, 1.165) is 40.9 Å². The van der Waals surface area contributed by atoms with Crippen LogP contribution in [0.1, 0.15) is 25.3 Å². The van der Waals surface area contributed by atoms with Crippen molar-refractivity contribution in [2.75, 3.05) is 29.1 Å². The molecule has 0 bridgehead atoms. The summed E-state index contributed by atoms with van der Waals surface area (Å²) in [5.74, 6) is 0.0332. The van der Waals surface area contributed by atoms with Gasteiger partial charge in [0, 0.05) is 12.3 Å². The Bertz CT molecular complexity index is 1040. The second-order valence-corrected chi connectivity index (χ2v) is 10.3. The van der Waals surface area contributed by atoms with Crippen LogP contribution in [0.15, 0.2) is 48.5 Å². The van der Waals surface area contributed by atoms with E-state index in [2.05, 4.69) is 5.32 Å². The Balaban J connectivity index is 1.42. The number of benzene rings is 2. The fourth-order valence-corrected chi connectivity index (χ4v) is 5.28. The van der Waals surface area contributed by atoms with Gasteiger partial charge in [0.2, 0.25) is 11.8 Å². The summed E-state index contributed by atoms with van der Waals surface area (Å²) < 4.78 is 6.84. The van der Waals surface area contributed by atoms with Crippen molar-refractivity contribution < 1.29 is 14.3 Å². The van der Waals surface area contributed by atoms with Gasteiger partial charge in [0.05, 0.1) is 33.9 Å². The minimum absolute atomic E-state index is 0.0213. The molecule has 2 aromatic carbocycles. The van der Waals surface area contributed by atoms with Crippen molar-refractivity contribution >= 4 is 55.9 Å². The molecule has 2 heterocycles. The summed E-state index contributed by atoms with van der Waals surface area (Å²) in [6.45, 7) is 5.07. The molecular formula is C24H27N3O3S2. The molecule has 3 aromatic rings. The highest BCUT2D eigenvalue weighted by Gasteiger charge is 2.29. The molecule has 168 valence electrons. The molecular weight excluding hydrogens is 442 g/mol. The summed E-state index contributed by atoms with van der Waals surface area (Å²) in [7, 11) is 0. The number of aromatic nitrogens is 1. The van der Waals surface area contributed by atoms with E-state index >= 15 is 0 Å². The first kappa shape index (κ1) is 22.8. The van der Waals surface area contributed by atoms with Crippen LogP contribution in [-0.4, -0.2) is 47.1 Å². The number of fused-ring (bicyclic) bond motifs is 1. The van der Waals surface area contributed by atoms with Crippen LogP contribution in [0.4, 0.5) is 10.8 Å². The lowest BCUT2D eigenvalue weighted by Gasteiger charge is -2.25. The molecule has 1 N–H and O–H groups in total. The van der Waals surface area contributed by atoms with Crippen LogP contribution in [0, 0.1) is 6.92 Å². The fraction of sp³-hybridized carbons (Fsp3) is 0.375. The summed E-state index contributed by atoms with van der Waals surface area (Å²) in [4.78, 5) is 32.2. The molecule has 1 aliphatic heterocycles. The first-order valence-corrected chi connectivity index (χ1v) is 12.6. The van der Waals surface area contributed by atoms with E-state index < -0.39 is 0 Å². The lowest BCUT2D eigenvalue weighted by Crippen LogP contribution is -2.41. The van der Waals surface area contributed by atoms with Gasteiger partial charge in [-0.3, -0.25) is 14.5 Å². The van der Waals surface area contributed by atoms with E-state index in [1.165, 1.54) is 23.1 Å². The number of thiazole rings is 1. The smallest absolute Gasteiger partial charge is 0.241 e. The molecule has 1 fully saturated rings. The Morgan fingerprint density at radius 1 is 1.25 bits per heavy atom. The number of aryl methyl sites for hydroxylation is 1. The number of thioether (sulfide) groups is 1. The summed E-state index contributed by atoms with van der Waals surface area (Å²) >= 11 is 2.85. The van der Waals surface area contributed by atoms with Gasteiger partial charge < -0.3 is 10.1 Å². The normalized spacial score (nSPS) is 16.8. The van der Waals surface area contributed by atoms with Crippen molar-refractivity contribution in [2.45, 2.75) is 38.0 Å². The first-order chi connectivity index (χ1) is 15.5. The SMILES string of the molecule is Cc1ccc(NC(=O)CSC(C)C(=O)N(CC2CCCO2)c2nc3ccccc3s2)cc1. The van der Waals surface area contributed by atoms with Crippen molar-refractivity contribution in [1.82, 2.24) is 4.98 Å². The Morgan fingerprint density at radius 2 is 2.03 bits per heavy atom. The molecule has 1 aromatic heterocycles. The lowest BCUT2D eigenvalue weighted by molar-refractivity contribution is -0.118. The predicted molar refractivity (Wildman–Crippen MR) is 133 cm³/mol. The van der Waals surface area contributed by atoms with Crippen LogP contribution in [0.3, 0.4) is 0 Å². The van der Waals surface area contributed by atoms with Crippen molar-refractivity contribution in [3.05, 3.63) is 54.1 Å². The maximum atomic E-state index is 13.4. The fourth-order valence-electron chi connectivity index (χ4n) is 3.56. The van der Waals surface area contributed by atoms with Gasteiger partial charge in [-0.1, -0.05) is 41.2 Å². The van der Waals surface area contributed by atoms with Gasteiger partial charge in [-0.25, -0.2) is 4.98 Å². The molecule has 1 aliphatic rings. The highest BCUT2D eigenvalue weighted by molar-refractivity contribution is 8.01. The Kier molecular flexibility index (Phi) is 7.44. The zero-order valence-electron chi connectivity index (χ0n) is 18.2. The predicted octanol–water partition coefficient (Wildman–Crippen LogP) is 4.88. The third-order valence-corrected chi connectivity index (χ3v) is 7.53. The van der Waals surface area contributed by atoms with Gasteiger partial charge in [0.15, 0.2) is 5.13 Å². The van der Waals surface area contributed by atoms with Crippen molar-refractivity contribution in [2.24, 2.45) is 0 Å². The summed E-state index contributed by atoms with van der Waals surface area (Å²) in [6, 6.07) is 15.6. The van der Waals surface area contributed by atoms with E-state index in [-0.39, 0.29) is 28.9 Å². The standard InChI is InChI=1S/C24H27N3O3S2/c1-16-9-11-18(12-10-16)25-22(28)15-31-17(2)23(29)27(14-19-6-5-13-30-19)24-26-20-7-3-4-8-21(20)32-24/h3-4,7-12,17,19H,5-6,13-15H2,1-2H3,(H,25,28). The van der Waals surface area contributed by atoms with Crippen molar-refractivity contribution in [1.29, 1.82) is 0 Å². The van der Waals surface area contributed by atoms with Gasteiger partial charge in [0.1, 0.15) is 0 Å². The first-order valence-electron chi connectivity index (χ1n) is 10.8. The molecule has 0 saturated carbocycles. The second-order valence-electron chi connectivity index (χ2n) is 7.92. The maximum Gasteiger partial charge on any atom is 0.241 e. The number of hydrogen-bond acceptors (Lipinski definition) is 6. The number of hydrogen-bond donors (Lipinski definition) is 1. The van der Waals surface area contributed by atoms with Gasteiger partial charge in [-0.2, -0.15) is 0 Å². The van der Waals surface area contributed by atoms with Gasteiger partial charge in [-0.05, 0) is 51.0 Å². The number of rotatable bonds is 8. The van der Waals surface area contributed by atoms with Gasteiger partial charge in [0.25, 0.3) is 0 Å². The zero-order chi connectivity index (χ0) is 22.5. The minimum atomic E-state index is -0.382. The second kappa shape index (κ2) is 10.5. The van der Waals surface area contributed by atoms with Crippen LogP contribution in [0.2, 0.25) is 0 Å². The average molecular weight is 470 g/mol. The molecule has 0 radical (unpaired) electrons. The van der Waals surface area contributed by atoms with E-state index in [9.17, 15) is 9.59 Å². The lowest BCUT2D eigenvalue weighted by atomic mass is 10.2. The minimum Gasteiger partial charge on any atom is -0.376 e. The van der Waals surface area contributed by atoms with Gasteiger partial charge in [-0.15, -0.1) is 11.8 Å². The number of ether oxygens (including phenoxy) is 1. The Hall–Kier alpha value is -2.42. The number of carbonyl (C=O) groups excluding carboxylic acids is 2. The van der Waals surface area contributed by atoms with Crippen LogP contribution in [0.25, 0.3) is 10.2 Å². The summed E-state index contributed by atoms with van der Waals surface area (Å²) in [5, 5.41) is 3.19. The number of amides is 2. The van der Waals surface area contributed by atoms with E-state index in [4.69, 9.17) is 9.72 Å². The number of carbonyl (C=O) groups is 2. The van der Waals surface area contributed by atoms with E-state index in [1.807, 2.05) is 62.4 Å². The number of para-hydroxylation sites is 1. The van der Waals surface area contributed by atoms with Crippen LogP contribution < -0.4 is 10.2 Å². The molecule has 2 atom stereocenters. The number of nitrogens with zero attached hydrogens (tertiary/aromatic N) is 2. The highest BCUT2D eigenvalue weighted by atomic mass is 32.2. The van der Waals surface area contributed by atoms with Crippen molar-refractivity contribution in [3.63, 3.8) is 0 Å². The quantitative estimate of drug-likeness (QED) is 0.509. The summed E-state index contributed by atoms with van der Waals surface area (Å²) in [5.41, 5.74) is 2.78. The molecule has 32 heavy (non-hydrogen) atoms. The topological polar surface area (TPSA) is 71.5 Å². The Labute approximate surface area is 196 Å². The third kappa shape index (κ3) is 5.68. The summed E-state index contributed by atoms with van der Waals surface area (Å²) in [6.07, 6.45) is 1.97. The zero-order valence-corrected chi connectivity index (χ0v) is 19.9. The Morgan fingerprint density at radius 3 is 2.75 bits per heavy atom. The maximum absolute atomic E-state index is 13.4. The van der Waals surface area contributed by atoms with Crippen LogP contribution >= 0.6 is 23.1 Å². The average Bonchev–Trinajstić information content (AvgIpc) is 3.46. The molecule has 6 nitrogen and oxygen atoms in total. The number of nitrogens with one attached hydrogen (secondary N) is 1. The highest BCUT2D eigenvalue weighted by Crippen LogP contribution is 2.31.